The summed E-state index contributed by atoms with van der Waals surface area (Å²) in [4.78, 5) is 11.0. The predicted molar refractivity (Wildman–Crippen MR) is 57.7 cm³/mol. The number of amides is 1. The molecule has 0 radical (unpaired) electrons. The van der Waals surface area contributed by atoms with Gasteiger partial charge in [0.05, 0.1) is 12.7 Å². The molecule has 0 aliphatic heterocycles. The first-order valence-corrected chi connectivity index (χ1v) is 5.70. The Morgan fingerprint density at radius 2 is 2.07 bits per heavy atom. The van der Waals surface area contributed by atoms with Crippen LogP contribution in [0.15, 0.2) is 0 Å². The Hall–Kier alpha value is -0.610. The molecule has 88 valence electrons. The summed E-state index contributed by atoms with van der Waals surface area (Å²) in [5, 5.41) is 2.73. The second-order valence-electron chi connectivity index (χ2n) is 3.91. The molecule has 1 aliphatic rings. The molecule has 0 bridgehead atoms. The molecule has 1 rings (SSSR count). The third kappa shape index (κ3) is 5.74. The highest BCUT2D eigenvalue weighted by molar-refractivity contribution is 5.77. The van der Waals surface area contributed by atoms with Crippen molar-refractivity contribution in [3.63, 3.8) is 0 Å². The second-order valence-corrected chi connectivity index (χ2v) is 3.91. The molecule has 0 aromatic heterocycles. The largest absolute Gasteiger partial charge is 0.376 e. The molecule has 1 fully saturated rings. The summed E-state index contributed by atoms with van der Waals surface area (Å²) in [6, 6.07) is 0. The summed E-state index contributed by atoms with van der Waals surface area (Å²) in [6.45, 7) is 1.32. The fraction of sp³-hybridized carbons (Fsp3) is 0.909. The van der Waals surface area contributed by atoms with Crippen LogP contribution in [0.4, 0.5) is 0 Å². The highest BCUT2D eigenvalue weighted by Gasteiger charge is 2.13. The van der Waals surface area contributed by atoms with Gasteiger partial charge in [0.15, 0.2) is 0 Å². The number of hydrogen-bond donors (Lipinski definition) is 1. The molecule has 0 unspecified atom stereocenters. The lowest BCUT2D eigenvalue weighted by Crippen LogP contribution is -2.31. The van der Waals surface area contributed by atoms with Crippen LogP contribution in [0.2, 0.25) is 0 Å². The summed E-state index contributed by atoms with van der Waals surface area (Å²) in [5.74, 6) is -0.0789. The van der Waals surface area contributed by atoms with E-state index in [2.05, 4.69) is 5.32 Å². The minimum absolute atomic E-state index is 0.0789. The molecule has 4 heteroatoms. The lowest BCUT2D eigenvalue weighted by Gasteiger charge is -2.21. The highest BCUT2D eigenvalue weighted by Crippen LogP contribution is 2.19. The topological polar surface area (TPSA) is 47.6 Å². The Balaban J connectivity index is 1.93. The van der Waals surface area contributed by atoms with Crippen LogP contribution in [-0.4, -0.2) is 38.9 Å². The monoisotopic (exact) mass is 215 g/mol. The first-order valence-electron chi connectivity index (χ1n) is 5.70. The van der Waals surface area contributed by atoms with Gasteiger partial charge in [-0.2, -0.15) is 0 Å². The summed E-state index contributed by atoms with van der Waals surface area (Å²) >= 11 is 0. The SMILES string of the molecule is COCC(=O)NCCOC1CCCCC1. The van der Waals surface area contributed by atoms with Crippen LogP contribution in [0, 0.1) is 0 Å². The van der Waals surface area contributed by atoms with Crippen LogP contribution >= 0.6 is 0 Å². The van der Waals surface area contributed by atoms with Crippen molar-refractivity contribution in [1.82, 2.24) is 5.32 Å². The van der Waals surface area contributed by atoms with E-state index in [9.17, 15) is 4.79 Å². The van der Waals surface area contributed by atoms with E-state index in [0.29, 0.717) is 19.3 Å². The molecule has 0 saturated heterocycles. The van der Waals surface area contributed by atoms with Crippen molar-refractivity contribution in [2.45, 2.75) is 38.2 Å². The zero-order valence-corrected chi connectivity index (χ0v) is 9.46. The van der Waals surface area contributed by atoms with Crippen LogP contribution < -0.4 is 5.32 Å². The van der Waals surface area contributed by atoms with Gasteiger partial charge in [-0.3, -0.25) is 4.79 Å². The molecule has 1 aliphatic carbocycles. The maximum atomic E-state index is 11.0. The van der Waals surface area contributed by atoms with E-state index < -0.39 is 0 Å². The summed E-state index contributed by atoms with van der Waals surface area (Å²) in [7, 11) is 1.51. The molecule has 0 aromatic rings. The highest BCUT2D eigenvalue weighted by atomic mass is 16.5. The first-order chi connectivity index (χ1) is 7.33. The average molecular weight is 215 g/mol. The number of carbonyl (C=O) groups is 1. The van der Waals surface area contributed by atoms with Gasteiger partial charge in [0.1, 0.15) is 6.61 Å². The van der Waals surface area contributed by atoms with Crippen molar-refractivity contribution in [2.24, 2.45) is 0 Å². The number of methoxy groups -OCH3 is 1. The third-order valence-corrected chi connectivity index (χ3v) is 2.61. The van der Waals surface area contributed by atoms with Gasteiger partial charge in [-0.05, 0) is 12.8 Å². The smallest absolute Gasteiger partial charge is 0.246 e. The Bertz CT molecular complexity index is 179. The fourth-order valence-corrected chi connectivity index (χ4v) is 1.83. The van der Waals surface area contributed by atoms with Gasteiger partial charge in [0.2, 0.25) is 5.91 Å². The molecular formula is C11H21NO3. The molecule has 0 aromatic carbocycles. The Morgan fingerprint density at radius 1 is 1.33 bits per heavy atom. The number of carbonyl (C=O) groups excluding carboxylic acids is 1. The first kappa shape index (κ1) is 12.5. The Labute approximate surface area is 91.3 Å². The van der Waals surface area contributed by atoms with Gasteiger partial charge >= 0.3 is 0 Å². The number of rotatable bonds is 6. The zero-order chi connectivity index (χ0) is 10.9. The number of ether oxygens (including phenoxy) is 2. The standard InChI is InChI=1S/C11H21NO3/c1-14-9-11(13)12-7-8-15-10-5-3-2-4-6-10/h10H,2-9H2,1H3,(H,12,13). The van der Waals surface area contributed by atoms with Crippen LogP contribution in [0.25, 0.3) is 0 Å². The summed E-state index contributed by atoms with van der Waals surface area (Å²) < 4.78 is 10.4. The summed E-state index contributed by atoms with van der Waals surface area (Å²) in [6.07, 6.45) is 6.65. The van der Waals surface area contributed by atoms with Crippen molar-refractivity contribution in [3.8, 4) is 0 Å². The number of nitrogens with one attached hydrogen (secondary N) is 1. The van der Waals surface area contributed by atoms with Crippen LogP contribution in [0.3, 0.4) is 0 Å². The van der Waals surface area contributed by atoms with E-state index in [4.69, 9.17) is 9.47 Å². The second kappa shape index (κ2) is 7.65. The zero-order valence-electron chi connectivity index (χ0n) is 9.46. The van der Waals surface area contributed by atoms with Crippen LogP contribution in [0.5, 0.6) is 0 Å². The molecule has 1 amide bonds. The van der Waals surface area contributed by atoms with Gasteiger partial charge in [0, 0.05) is 13.7 Å². The maximum absolute atomic E-state index is 11.0. The predicted octanol–water partition coefficient (Wildman–Crippen LogP) is 1.10. The van der Waals surface area contributed by atoms with Gasteiger partial charge < -0.3 is 14.8 Å². The molecule has 1 saturated carbocycles. The minimum atomic E-state index is -0.0789. The van der Waals surface area contributed by atoms with E-state index in [1.54, 1.807) is 0 Å². The quantitative estimate of drug-likeness (QED) is 0.675. The van der Waals surface area contributed by atoms with Gasteiger partial charge in [-0.25, -0.2) is 0 Å². The third-order valence-electron chi connectivity index (χ3n) is 2.61. The van der Waals surface area contributed by atoms with Gasteiger partial charge in [-0.1, -0.05) is 19.3 Å². The van der Waals surface area contributed by atoms with Crippen molar-refractivity contribution in [1.29, 1.82) is 0 Å². The minimum Gasteiger partial charge on any atom is -0.376 e. The normalized spacial score (nSPS) is 17.7. The summed E-state index contributed by atoms with van der Waals surface area (Å²) in [5.41, 5.74) is 0. The maximum Gasteiger partial charge on any atom is 0.246 e. The Kier molecular flexibility index (Phi) is 6.36. The lowest BCUT2D eigenvalue weighted by molar-refractivity contribution is -0.125. The lowest BCUT2D eigenvalue weighted by atomic mass is 9.98. The molecule has 0 spiro atoms. The van der Waals surface area contributed by atoms with Crippen molar-refractivity contribution >= 4 is 5.91 Å². The van der Waals surface area contributed by atoms with Crippen molar-refractivity contribution in [2.75, 3.05) is 26.9 Å². The molecule has 4 nitrogen and oxygen atoms in total. The molecule has 15 heavy (non-hydrogen) atoms. The molecule has 0 atom stereocenters. The van der Waals surface area contributed by atoms with E-state index in [0.717, 1.165) is 0 Å². The molecule has 1 N–H and O–H groups in total. The van der Waals surface area contributed by atoms with Gasteiger partial charge in [0.25, 0.3) is 0 Å². The fourth-order valence-electron chi connectivity index (χ4n) is 1.83. The van der Waals surface area contributed by atoms with Crippen LogP contribution in [0.1, 0.15) is 32.1 Å². The van der Waals surface area contributed by atoms with E-state index in [1.165, 1.54) is 39.2 Å². The number of hydrogen-bond acceptors (Lipinski definition) is 3. The molecular weight excluding hydrogens is 194 g/mol. The Morgan fingerprint density at radius 3 is 2.73 bits per heavy atom. The average Bonchev–Trinajstić information content (AvgIpc) is 2.26. The van der Waals surface area contributed by atoms with E-state index in [-0.39, 0.29) is 12.5 Å². The van der Waals surface area contributed by atoms with E-state index >= 15 is 0 Å². The van der Waals surface area contributed by atoms with Crippen molar-refractivity contribution < 1.29 is 14.3 Å². The molecule has 0 heterocycles. The van der Waals surface area contributed by atoms with E-state index in [1.807, 2.05) is 0 Å². The van der Waals surface area contributed by atoms with Gasteiger partial charge in [-0.15, -0.1) is 0 Å². The van der Waals surface area contributed by atoms with Crippen molar-refractivity contribution in [3.05, 3.63) is 0 Å². The van der Waals surface area contributed by atoms with Crippen LogP contribution in [-0.2, 0) is 14.3 Å².